The minimum atomic E-state index is -3.66. The first-order chi connectivity index (χ1) is 12.3. The number of rotatable bonds is 8. The Kier molecular flexibility index (Phi) is 7.31. The highest BCUT2D eigenvalue weighted by Gasteiger charge is 2.23. The fourth-order valence-electron chi connectivity index (χ4n) is 2.63. The fourth-order valence-corrected chi connectivity index (χ4v) is 4.84. The van der Waals surface area contributed by atoms with Crippen LogP contribution in [0.2, 0.25) is 0 Å². The first-order valence-corrected chi connectivity index (χ1v) is 10.8. The maximum atomic E-state index is 12.9. The Morgan fingerprint density at radius 2 is 1.69 bits per heavy atom. The van der Waals surface area contributed by atoms with Crippen LogP contribution in [0.25, 0.3) is 0 Å². The van der Waals surface area contributed by atoms with E-state index in [-0.39, 0.29) is 10.9 Å². The summed E-state index contributed by atoms with van der Waals surface area (Å²) in [5, 5.41) is 0. The Bertz CT molecular complexity index is 835. The lowest BCUT2D eigenvalue weighted by molar-refractivity contribution is 0.411. The van der Waals surface area contributed by atoms with Gasteiger partial charge in [0.2, 0.25) is 10.0 Å². The lowest BCUT2D eigenvalue weighted by Crippen LogP contribution is -2.29. The molecule has 0 aromatic heterocycles. The summed E-state index contributed by atoms with van der Waals surface area (Å²) < 4.78 is 39.8. The maximum Gasteiger partial charge on any atom is 0.241 e. The van der Waals surface area contributed by atoms with E-state index in [1.54, 1.807) is 32.4 Å². The zero-order valence-electron chi connectivity index (χ0n) is 15.3. The van der Waals surface area contributed by atoms with Gasteiger partial charge in [-0.1, -0.05) is 26.0 Å². The largest absolute Gasteiger partial charge is 0.497 e. The van der Waals surface area contributed by atoms with Gasteiger partial charge in [0.05, 0.1) is 22.7 Å². The second-order valence-corrected chi connectivity index (χ2v) is 9.25. The molecule has 142 valence electrons. The van der Waals surface area contributed by atoms with Gasteiger partial charge in [-0.3, -0.25) is 0 Å². The minimum Gasteiger partial charge on any atom is -0.497 e. The molecule has 0 spiro atoms. The molecule has 5 nitrogen and oxygen atoms in total. The summed E-state index contributed by atoms with van der Waals surface area (Å²) in [7, 11) is -0.491. The summed E-state index contributed by atoms with van der Waals surface area (Å²) in [5.74, 6) is 1.73. The highest BCUT2D eigenvalue weighted by molar-refractivity contribution is 14.1. The van der Waals surface area contributed by atoms with E-state index in [0.717, 1.165) is 14.9 Å². The van der Waals surface area contributed by atoms with Gasteiger partial charge in [-0.25, -0.2) is 13.1 Å². The smallest absolute Gasteiger partial charge is 0.241 e. The molecule has 0 unspecified atom stereocenters. The van der Waals surface area contributed by atoms with Crippen molar-refractivity contribution in [3.8, 4) is 11.5 Å². The highest BCUT2D eigenvalue weighted by atomic mass is 127. The third-order valence-corrected chi connectivity index (χ3v) is 6.27. The molecule has 0 amide bonds. The van der Waals surface area contributed by atoms with Gasteiger partial charge >= 0.3 is 0 Å². The zero-order chi connectivity index (χ0) is 19.3. The number of halogens is 1. The van der Waals surface area contributed by atoms with E-state index in [2.05, 4.69) is 41.2 Å². The van der Waals surface area contributed by atoms with Crippen LogP contribution in [0.5, 0.6) is 11.5 Å². The molecule has 7 heteroatoms. The van der Waals surface area contributed by atoms with E-state index >= 15 is 0 Å². The molecule has 0 saturated heterocycles. The second-order valence-electron chi connectivity index (χ2n) is 6.37. The Hall–Kier alpha value is -1.32. The van der Waals surface area contributed by atoms with E-state index in [4.69, 9.17) is 9.47 Å². The van der Waals surface area contributed by atoms with Crippen LogP contribution in [0.3, 0.4) is 0 Å². The normalized spacial score (nSPS) is 12.8. The predicted molar refractivity (Wildman–Crippen MR) is 111 cm³/mol. The highest BCUT2D eigenvalue weighted by Crippen LogP contribution is 2.28. The average Bonchev–Trinajstić information content (AvgIpc) is 2.60. The number of benzene rings is 2. The van der Waals surface area contributed by atoms with E-state index < -0.39 is 10.0 Å². The van der Waals surface area contributed by atoms with Gasteiger partial charge in [-0.15, -0.1) is 0 Å². The molecule has 0 aliphatic heterocycles. The quantitative estimate of drug-likeness (QED) is 0.560. The van der Waals surface area contributed by atoms with Gasteiger partial charge in [-0.2, -0.15) is 0 Å². The van der Waals surface area contributed by atoms with Crippen molar-refractivity contribution in [1.29, 1.82) is 0 Å². The van der Waals surface area contributed by atoms with E-state index in [9.17, 15) is 8.42 Å². The molecule has 0 heterocycles. The summed E-state index contributed by atoms with van der Waals surface area (Å²) >= 11 is 2.07. The first kappa shape index (κ1) is 21.0. The predicted octanol–water partition coefficient (Wildman–Crippen LogP) is 4.37. The Morgan fingerprint density at radius 1 is 1.04 bits per heavy atom. The average molecular weight is 489 g/mol. The van der Waals surface area contributed by atoms with Gasteiger partial charge in [0, 0.05) is 6.04 Å². The van der Waals surface area contributed by atoms with Crippen LogP contribution in [0, 0.1) is 9.49 Å². The molecule has 0 radical (unpaired) electrons. The zero-order valence-corrected chi connectivity index (χ0v) is 18.3. The van der Waals surface area contributed by atoms with Crippen molar-refractivity contribution < 1.29 is 17.9 Å². The van der Waals surface area contributed by atoms with Gasteiger partial charge in [0.25, 0.3) is 0 Å². The first-order valence-electron chi connectivity index (χ1n) is 8.26. The summed E-state index contributed by atoms with van der Waals surface area (Å²) in [6.07, 6.45) is 0.693. The molecule has 1 atom stereocenters. The summed E-state index contributed by atoms with van der Waals surface area (Å²) in [6, 6.07) is 12.0. The molecular weight excluding hydrogens is 465 g/mol. The molecule has 1 N–H and O–H groups in total. The van der Waals surface area contributed by atoms with Crippen LogP contribution in [0.15, 0.2) is 47.4 Å². The monoisotopic (exact) mass is 489 g/mol. The molecule has 0 bridgehead atoms. The maximum absolute atomic E-state index is 12.9. The van der Waals surface area contributed by atoms with Crippen molar-refractivity contribution in [3.05, 3.63) is 51.6 Å². The van der Waals surface area contributed by atoms with E-state index in [1.807, 2.05) is 24.3 Å². The van der Waals surface area contributed by atoms with Gasteiger partial charge in [0.1, 0.15) is 11.5 Å². The number of hydrogen-bond acceptors (Lipinski definition) is 4. The Morgan fingerprint density at radius 3 is 2.19 bits per heavy atom. The number of sulfonamides is 1. The van der Waals surface area contributed by atoms with Crippen molar-refractivity contribution in [2.24, 2.45) is 5.92 Å². The van der Waals surface area contributed by atoms with E-state index in [0.29, 0.717) is 18.1 Å². The van der Waals surface area contributed by atoms with Crippen LogP contribution < -0.4 is 14.2 Å². The second kappa shape index (κ2) is 9.05. The third-order valence-electron chi connectivity index (χ3n) is 3.96. The van der Waals surface area contributed by atoms with Crippen molar-refractivity contribution in [3.63, 3.8) is 0 Å². The standard InChI is InChI=1S/C19H24INO4S/c1-13(2)11-18(14-5-7-15(24-3)8-6-14)21-26(22,23)16-9-10-19(25-4)17(20)12-16/h5-10,12-13,18,21H,11H2,1-4H3/t18-/m1/s1. The fraction of sp³-hybridized carbons (Fsp3) is 0.368. The van der Waals surface area contributed by atoms with Crippen molar-refractivity contribution in [2.75, 3.05) is 14.2 Å². The van der Waals surface area contributed by atoms with E-state index in [1.165, 1.54) is 0 Å². The van der Waals surface area contributed by atoms with Crippen LogP contribution in [-0.2, 0) is 10.0 Å². The summed E-state index contributed by atoms with van der Waals surface area (Å²) in [4.78, 5) is 0.227. The molecule has 2 aromatic rings. The summed E-state index contributed by atoms with van der Waals surface area (Å²) in [6.45, 7) is 4.14. The molecule has 26 heavy (non-hydrogen) atoms. The van der Waals surface area contributed by atoms with Crippen LogP contribution in [-0.4, -0.2) is 22.6 Å². The number of methoxy groups -OCH3 is 2. The molecule has 2 rings (SSSR count). The topological polar surface area (TPSA) is 64.6 Å². The van der Waals surface area contributed by atoms with Gasteiger partial charge in [0.15, 0.2) is 0 Å². The summed E-state index contributed by atoms with van der Waals surface area (Å²) in [5.41, 5.74) is 0.909. The molecule has 2 aromatic carbocycles. The Labute approximate surface area is 169 Å². The number of hydrogen-bond donors (Lipinski definition) is 1. The minimum absolute atomic E-state index is 0.227. The van der Waals surface area contributed by atoms with Crippen molar-refractivity contribution in [2.45, 2.75) is 31.2 Å². The third kappa shape index (κ3) is 5.34. The van der Waals surface area contributed by atoms with Crippen LogP contribution >= 0.6 is 22.6 Å². The number of nitrogens with one attached hydrogen (secondary N) is 1. The van der Waals surface area contributed by atoms with Gasteiger partial charge in [-0.05, 0) is 70.8 Å². The molecule has 0 aliphatic rings. The molecule has 0 saturated carbocycles. The lowest BCUT2D eigenvalue weighted by Gasteiger charge is -2.21. The van der Waals surface area contributed by atoms with Crippen molar-refractivity contribution in [1.82, 2.24) is 4.72 Å². The van der Waals surface area contributed by atoms with Crippen molar-refractivity contribution >= 4 is 32.6 Å². The molecule has 0 aliphatic carbocycles. The number of ether oxygens (including phenoxy) is 2. The Balaban J connectivity index is 2.32. The SMILES string of the molecule is COc1ccc([C@@H](CC(C)C)NS(=O)(=O)c2ccc(OC)c(I)c2)cc1. The van der Waals surface area contributed by atoms with Crippen LogP contribution in [0.4, 0.5) is 0 Å². The molecular formula is C19H24INO4S. The van der Waals surface area contributed by atoms with Gasteiger partial charge < -0.3 is 9.47 Å². The lowest BCUT2D eigenvalue weighted by atomic mass is 9.98. The van der Waals surface area contributed by atoms with Crippen LogP contribution in [0.1, 0.15) is 31.9 Å². The molecule has 0 fully saturated rings.